The fourth-order valence-electron chi connectivity index (χ4n) is 2.05. The molecule has 1 fully saturated rings. The molecular weight excluding hydrogens is 278 g/mol. The maximum atomic E-state index is 13.2. The van der Waals surface area contributed by atoms with Crippen LogP contribution in [0.5, 0.6) is 0 Å². The number of hydrogen-bond acceptors (Lipinski definition) is 1. The first-order valence-corrected chi connectivity index (χ1v) is 5.01. The first-order valence-electron chi connectivity index (χ1n) is 5.01. The molecule has 1 N–H and O–H groups in total. The van der Waals surface area contributed by atoms with Gasteiger partial charge < -0.3 is 5.11 Å². The highest BCUT2D eigenvalue weighted by molar-refractivity contribution is 5.88. The minimum atomic E-state index is -5.04. The van der Waals surface area contributed by atoms with Gasteiger partial charge in [0.1, 0.15) is 5.82 Å². The van der Waals surface area contributed by atoms with Crippen molar-refractivity contribution < 1.29 is 36.2 Å². The Balaban J connectivity index is 2.69. The van der Waals surface area contributed by atoms with Gasteiger partial charge in [-0.2, -0.15) is 13.2 Å². The maximum Gasteiger partial charge on any atom is 0.416 e. The van der Waals surface area contributed by atoms with Gasteiger partial charge in [-0.05, 0) is 23.8 Å². The molecule has 1 aromatic carbocycles. The molecule has 0 amide bonds. The lowest BCUT2D eigenvalue weighted by molar-refractivity contribution is -0.145. The third kappa shape index (κ3) is 1.85. The number of carboxylic acid groups (broad SMARTS) is 1. The van der Waals surface area contributed by atoms with Crippen LogP contribution in [0.25, 0.3) is 0 Å². The van der Waals surface area contributed by atoms with Crippen LogP contribution in [-0.2, 0) is 16.4 Å². The molecule has 2 nitrogen and oxygen atoms in total. The lowest BCUT2D eigenvalue weighted by Gasteiger charge is -2.18. The number of benzene rings is 1. The lowest BCUT2D eigenvalue weighted by atomic mass is 9.90. The van der Waals surface area contributed by atoms with Gasteiger partial charge in [-0.15, -0.1) is 0 Å². The molecular formula is C11H6F6O2. The average molecular weight is 284 g/mol. The van der Waals surface area contributed by atoms with Gasteiger partial charge in [-0.1, -0.05) is 0 Å². The molecule has 2 rings (SSSR count). The van der Waals surface area contributed by atoms with Crippen molar-refractivity contribution in [1.29, 1.82) is 0 Å². The Bertz CT molecular complexity index is 551. The standard InChI is InChI=1S/C11H6F6O2/c12-5-1-2-6(11(15,16)17)7(3-5)9(8(18)19)4-10(9,13)14/h1-3H,4H2,(H,18,19). The van der Waals surface area contributed by atoms with E-state index in [1.54, 1.807) is 0 Å². The summed E-state index contributed by atoms with van der Waals surface area (Å²) in [5, 5.41) is 8.80. The molecule has 0 aliphatic heterocycles. The Labute approximate surface area is 102 Å². The molecule has 1 saturated carbocycles. The van der Waals surface area contributed by atoms with Crippen molar-refractivity contribution in [2.24, 2.45) is 0 Å². The third-order valence-corrected chi connectivity index (χ3v) is 3.10. The molecule has 0 aromatic heterocycles. The average Bonchev–Trinajstić information content (AvgIpc) is 2.81. The van der Waals surface area contributed by atoms with E-state index in [9.17, 15) is 31.1 Å². The van der Waals surface area contributed by atoms with E-state index in [1.807, 2.05) is 0 Å². The van der Waals surface area contributed by atoms with Gasteiger partial charge in [0, 0.05) is 6.42 Å². The second kappa shape index (κ2) is 3.64. The monoisotopic (exact) mass is 284 g/mol. The van der Waals surface area contributed by atoms with Crippen LogP contribution in [0.1, 0.15) is 17.5 Å². The van der Waals surface area contributed by atoms with Crippen LogP contribution in [0.15, 0.2) is 18.2 Å². The first kappa shape index (κ1) is 13.7. The van der Waals surface area contributed by atoms with Crippen LogP contribution < -0.4 is 0 Å². The lowest BCUT2D eigenvalue weighted by Crippen LogP contribution is -2.30. The van der Waals surface area contributed by atoms with Crippen molar-refractivity contribution in [2.45, 2.75) is 23.9 Å². The van der Waals surface area contributed by atoms with Crippen molar-refractivity contribution in [1.82, 2.24) is 0 Å². The van der Waals surface area contributed by atoms with E-state index < -0.39 is 46.8 Å². The largest absolute Gasteiger partial charge is 0.480 e. The van der Waals surface area contributed by atoms with E-state index in [1.165, 1.54) is 0 Å². The summed E-state index contributed by atoms with van der Waals surface area (Å²) < 4.78 is 77.5. The summed E-state index contributed by atoms with van der Waals surface area (Å²) in [6.45, 7) is 0. The molecule has 1 atom stereocenters. The van der Waals surface area contributed by atoms with Gasteiger partial charge in [0.05, 0.1) is 5.56 Å². The molecule has 1 unspecified atom stereocenters. The highest BCUT2D eigenvalue weighted by Gasteiger charge is 2.78. The van der Waals surface area contributed by atoms with E-state index in [0.29, 0.717) is 6.07 Å². The number of rotatable bonds is 2. The number of alkyl halides is 5. The van der Waals surface area contributed by atoms with Gasteiger partial charge in [0.25, 0.3) is 5.92 Å². The zero-order valence-electron chi connectivity index (χ0n) is 9.06. The van der Waals surface area contributed by atoms with E-state index in [0.717, 1.165) is 0 Å². The van der Waals surface area contributed by atoms with Crippen molar-refractivity contribution in [3.05, 3.63) is 35.1 Å². The molecule has 8 heteroatoms. The van der Waals surface area contributed by atoms with Gasteiger partial charge in [-0.3, -0.25) is 4.79 Å². The van der Waals surface area contributed by atoms with E-state index in [2.05, 4.69) is 0 Å². The zero-order chi connectivity index (χ0) is 14.6. The SMILES string of the molecule is O=C(O)C1(c2cc(F)ccc2C(F)(F)F)CC1(F)F. The fraction of sp³-hybridized carbons (Fsp3) is 0.364. The minimum absolute atomic E-state index is 0.206. The molecule has 0 saturated heterocycles. The minimum Gasteiger partial charge on any atom is -0.480 e. The summed E-state index contributed by atoms with van der Waals surface area (Å²) in [6.07, 6.45) is -6.31. The molecule has 0 spiro atoms. The summed E-state index contributed by atoms with van der Waals surface area (Å²) in [4.78, 5) is 10.9. The highest BCUT2D eigenvalue weighted by atomic mass is 19.4. The van der Waals surface area contributed by atoms with Gasteiger partial charge in [0.15, 0.2) is 5.41 Å². The Kier molecular flexibility index (Phi) is 2.63. The van der Waals surface area contributed by atoms with Gasteiger partial charge in [0.2, 0.25) is 0 Å². The Hall–Kier alpha value is -1.73. The predicted molar refractivity (Wildman–Crippen MR) is 50.3 cm³/mol. The molecule has 1 aliphatic rings. The van der Waals surface area contributed by atoms with Crippen LogP contribution >= 0.6 is 0 Å². The molecule has 1 aromatic rings. The maximum absolute atomic E-state index is 13.2. The molecule has 0 bridgehead atoms. The van der Waals surface area contributed by atoms with Crippen LogP contribution in [0.4, 0.5) is 26.3 Å². The van der Waals surface area contributed by atoms with Crippen molar-refractivity contribution >= 4 is 5.97 Å². The normalized spacial score (nSPS) is 25.2. The Morgan fingerprint density at radius 2 is 1.79 bits per heavy atom. The van der Waals surface area contributed by atoms with E-state index in [4.69, 9.17) is 5.11 Å². The molecule has 19 heavy (non-hydrogen) atoms. The van der Waals surface area contributed by atoms with Crippen LogP contribution in [-0.4, -0.2) is 17.0 Å². The van der Waals surface area contributed by atoms with Crippen molar-refractivity contribution in [2.75, 3.05) is 0 Å². The molecule has 104 valence electrons. The van der Waals surface area contributed by atoms with E-state index >= 15 is 0 Å². The molecule has 0 radical (unpaired) electrons. The second-order valence-electron chi connectivity index (χ2n) is 4.28. The molecule has 1 aliphatic carbocycles. The Morgan fingerprint density at radius 3 is 2.16 bits per heavy atom. The summed E-state index contributed by atoms with van der Waals surface area (Å²) >= 11 is 0. The summed E-state index contributed by atoms with van der Waals surface area (Å²) in [5.41, 5.74) is -5.80. The summed E-state index contributed by atoms with van der Waals surface area (Å²) in [5.74, 6) is -7.13. The number of hydrogen-bond donors (Lipinski definition) is 1. The topological polar surface area (TPSA) is 37.3 Å². The first-order chi connectivity index (χ1) is 8.52. The number of aliphatic carboxylic acids is 1. The van der Waals surface area contributed by atoms with Gasteiger partial charge in [-0.25, -0.2) is 13.2 Å². The van der Waals surface area contributed by atoms with Crippen molar-refractivity contribution in [3.8, 4) is 0 Å². The van der Waals surface area contributed by atoms with Crippen molar-refractivity contribution in [3.63, 3.8) is 0 Å². The molecule has 0 heterocycles. The van der Waals surface area contributed by atoms with Crippen LogP contribution in [0.2, 0.25) is 0 Å². The number of halogens is 6. The Morgan fingerprint density at radius 1 is 1.26 bits per heavy atom. The quantitative estimate of drug-likeness (QED) is 0.847. The summed E-state index contributed by atoms with van der Waals surface area (Å²) in [7, 11) is 0. The highest BCUT2D eigenvalue weighted by Crippen LogP contribution is 2.63. The second-order valence-corrected chi connectivity index (χ2v) is 4.28. The zero-order valence-corrected chi connectivity index (χ0v) is 9.06. The number of carbonyl (C=O) groups is 1. The van der Waals surface area contributed by atoms with Crippen LogP contribution in [0, 0.1) is 5.82 Å². The van der Waals surface area contributed by atoms with Crippen LogP contribution in [0.3, 0.4) is 0 Å². The van der Waals surface area contributed by atoms with Gasteiger partial charge >= 0.3 is 12.1 Å². The predicted octanol–water partition coefficient (Wildman–Crippen LogP) is 3.21. The fourth-order valence-corrected chi connectivity index (χ4v) is 2.05. The third-order valence-electron chi connectivity index (χ3n) is 3.10. The summed E-state index contributed by atoms with van der Waals surface area (Å²) in [6, 6.07) is 0.921. The number of carboxylic acids is 1. The van der Waals surface area contributed by atoms with E-state index in [-0.39, 0.29) is 12.1 Å². The smallest absolute Gasteiger partial charge is 0.416 e.